The van der Waals surface area contributed by atoms with Crippen LogP contribution in [-0.2, 0) is 17.8 Å². The van der Waals surface area contributed by atoms with Crippen LogP contribution in [0.2, 0.25) is 0 Å². The van der Waals surface area contributed by atoms with Crippen molar-refractivity contribution in [3.8, 4) is 44.7 Å². The molecular formula is C33H25FN2O5S. The largest absolute Gasteiger partial charge is 0.508 e. The molecule has 6 aromatic rings. The summed E-state index contributed by atoms with van der Waals surface area (Å²) in [5.74, 6) is 0.935. The Morgan fingerprint density at radius 3 is 2.33 bits per heavy atom. The third-order valence-electron chi connectivity index (χ3n) is 6.61. The molecule has 0 saturated carbocycles. The quantitative estimate of drug-likeness (QED) is 0.172. The number of rotatable bonds is 10. The van der Waals surface area contributed by atoms with Gasteiger partial charge in [0.15, 0.2) is 5.75 Å². The third-order valence-corrected chi connectivity index (χ3v) is 7.80. The van der Waals surface area contributed by atoms with E-state index in [-0.39, 0.29) is 18.0 Å². The number of hydrogen-bond acceptors (Lipinski definition) is 6. The van der Waals surface area contributed by atoms with Crippen LogP contribution in [0.15, 0.2) is 103 Å². The second-order valence-corrected chi connectivity index (χ2v) is 10.7. The van der Waals surface area contributed by atoms with E-state index in [0.717, 1.165) is 37.3 Å². The zero-order chi connectivity index (χ0) is 29.1. The highest BCUT2D eigenvalue weighted by Crippen LogP contribution is 2.47. The molecule has 2 heterocycles. The Labute approximate surface area is 244 Å². The highest BCUT2D eigenvalue weighted by Gasteiger charge is 2.17. The highest BCUT2D eigenvalue weighted by atomic mass is 32.1. The molecule has 6 rings (SSSR count). The highest BCUT2D eigenvalue weighted by molar-refractivity contribution is 7.22. The van der Waals surface area contributed by atoms with E-state index in [1.807, 2.05) is 54.7 Å². The fourth-order valence-corrected chi connectivity index (χ4v) is 5.71. The van der Waals surface area contributed by atoms with Crippen molar-refractivity contribution in [3.63, 3.8) is 0 Å². The number of phenols is 1. The summed E-state index contributed by atoms with van der Waals surface area (Å²) in [6, 6.07) is 28.0. The fourth-order valence-electron chi connectivity index (χ4n) is 4.54. The van der Waals surface area contributed by atoms with Crippen LogP contribution in [-0.4, -0.2) is 32.6 Å². The number of carboxylic acids is 1. The number of fused-ring (bicyclic) bond motifs is 1. The summed E-state index contributed by atoms with van der Waals surface area (Å²) in [5, 5.41) is 24.3. The number of aromatic hydroxyl groups is 1. The van der Waals surface area contributed by atoms with Crippen LogP contribution in [0.5, 0.6) is 23.0 Å². The first-order chi connectivity index (χ1) is 20.4. The van der Waals surface area contributed by atoms with Gasteiger partial charge in [-0.15, -0.1) is 11.3 Å². The van der Waals surface area contributed by atoms with Gasteiger partial charge in [-0.05, 0) is 71.8 Å². The van der Waals surface area contributed by atoms with Crippen molar-refractivity contribution in [1.82, 2.24) is 9.78 Å². The molecule has 0 radical (unpaired) electrons. The average Bonchev–Trinajstić information content (AvgIpc) is 3.59. The summed E-state index contributed by atoms with van der Waals surface area (Å²) in [6.07, 6.45) is 1.87. The fraction of sp³-hybridized carbons (Fsp3) is 0.0909. The van der Waals surface area contributed by atoms with Crippen LogP contribution >= 0.6 is 11.3 Å². The number of hydrogen-bond donors (Lipinski definition) is 2. The van der Waals surface area contributed by atoms with E-state index in [1.54, 1.807) is 41.1 Å². The van der Waals surface area contributed by atoms with Crippen LogP contribution in [0.3, 0.4) is 0 Å². The van der Waals surface area contributed by atoms with Crippen molar-refractivity contribution in [3.05, 3.63) is 115 Å². The second kappa shape index (κ2) is 11.8. The second-order valence-electron chi connectivity index (χ2n) is 9.60. The molecule has 0 spiro atoms. The van der Waals surface area contributed by atoms with E-state index in [2.05, 4.69) is 5.10 Å². The first-order valence-electron chi connectivity index (χ1n) is 13.2. The Morgan fingerprint density at radius 1 is 0.881 bits per heavy atom. The molecule has 0 unspecified atom stereocenters. The maximum atomic E-state index is 13.6. The molecule has 0 atom stereocenters. The van der Waals surface area contributed by atoms with Crippen LogP contribution < -0.4 is 9.47 Å². The molecule has 0 saturated heterocycles. The SMILES string of the molecule is O=C(O)Cc1ccc(-c2ccn(CCOc3ccc(Oc4c(-c5ccc(F)cc5)sc5cc(O)ccc45)cc3)n2)cc1. The van der Waals surface area contributed by atoms with Gasteiger partial charge in [-0.25, -0.2) is 4.39 Å². The molecule has 7 nitrogen and oxygen atoms in total. The number of carbonyl (C=O) groups is 1. The van der Waals surface area contributed by atoms with Crippen molar-refractivity contribution >= 4 is 27.4 Å². The molecule has 0 fully saturated rings. The maximum Gasteiger partial charge on any atom is 0.307 e. The lowest BCUT2D eigenvalue weighted by Crippen LogP contribution is -2.08. The monoisotopic (exact) mass is 580 g/mol. The number of carboxylic acid groups (broad SMARTS) is 1. The Kier molecular flexibility index (Phi) is 7.57. The summed E-state index contributed by atoms with van der Waals surface area (Å²) in [6.45, 7) is 0.955. The Morgan fingerprint density at radius 2 is 1.60 bits per heavy atom. The maximum absolute atomic E-state index is 13.6. The van der Waals surface area contributed by atoms with E-state index in [1.165, 1.54) is 23.5 Å². The number of aliphatic carboxylic acids is 1. The predicted molar refractivity (Wildman–Crippen MR) is 160 cm³/mol. The van der Waals surface area contributed by atoms with Crippen LogP contribution in [0.1, 0.15) is 5.56 Å². The molecule has 2 aromatic heterocycles. The van der Waals surface area contributed by atoms with Gasteiger partial charge in [0.1, 0.15) is 29.7 Å². The van der Waals surface area contributed by atoms with Gasteiger partial charge in [-0.1, -0.05) is 36.4 Å². The minimum atomic E-state index is -0.858. The summed E-state index contributed by atoms with van der Waals surface area (Å²) in [4.78, 5) is 11.7. The minimum Gasteiger partial charge on any atom is -0.508 e. The van der Waals surface area contributed by atoms with Crippen molar-refractivity contribution in [1.29, 1.82) is 0 Å². The van der Waals surface area contributed by atoms with Crippen LogP contribution in [0, 0.1) is 5.82 Å². The zero-order valence-electron chi connectivity index (χ0n) is 22.2. The van der Waals surface area contributed by atoms with Gasteiger partial charge >= 0.3 is 5.97 Å². The van der Waals surface area contributed by atoms with E-state index in [9.17, 15) is 14.3 Å². The molecule has 2 N–H and O–H groups in total. The molecule has 4 aromatic carbocycles. The number of ether oxygens (including phenoxy) is 2. The summed E-state index contributed by atoms with van der Waals surface area (Å²) < 4.78 is 28.5. The lowest BCUT2D eigenvalue weighted by Gasteiger charge is -2.10. The van der Waals surface area contributed by atoms with Crippen LogP contribution in [0.4, 0.5) is 4.39 Å². The minimum absolute atomic E-state index is 0.00746. The van der Waals surface area contributed by atoms with Gasteiger partial charge in [-0.3, -0.25) is 9.48 Å². The molecule has 42 heavy (non-hydrogen) atoms. The van der Waals surface area contributed by atoms with Crippen molar-refractivity contribution in [2.45, 2.75) is 13.0 Å². The van der Waals surface area contributed by atoms with E-state index in [4.69, 9.17) is 14.6 Å². The summed E-state index contributed by atoms with van der Waals surface area (Å²) in [5.41, 5.74) is 3.28. The van der Waals surface area contributed by atoms with E-state index < -0.39 is 5.97 Å². The van der Waals surface area contributed by atoms with Gasteiger partial charge in [0.05, 0.1) is 23.5 Å². The van der Waals surface area contributed by atoms with Gasteiger partial charge in [0.25, 0.3) is 0 Å². The predicted octanol–water partition coefficient (Wildman–Crippen LogP) is 7.77. The Bertz CT molecular complexity index is 1850. The molecule has 210 valence electrons. The molecule has 9 heteroatoms. The molecule has 0 aliphatic heterocycles. The third kappa shape index (κ3) is 6.11. The van der Waals surface area contributed by atoms with Gasteiger partial charge in [-0.2, -0.15) is 5.10 Å². The molecular weight excluding hydrogens is 555 g/mol. The average molecular weight is 581 g/mol. The Hall–Kier alpha value is -5.15. The number of phenolic OH excluding ortho intramolecular Hbond substituents is 1. The van der Waals surface area contributed by atoms with Crippen molar-refractivity contribution < 1.29 is 28.9 Å². The van der Waals surface area contributed by atoms with Crippen molar-refractivity contribution in [2.75, 3.05) is 6.61 Å². The molecule has 0 amide bonds. The molecule has 0 aliphatic carbocycles. The lowest BCUT2D eigenvalue weighted by molar-refractivity contribution is -0.136. The number of benzene rings is 4. The van der Waals surface area contributed by atoms with Crippen molar-refractivity contribution in [2.24, 2.45) is 0 Å². The first-order valence-corrected chi connectivity index (χ1v) is 14.0. The van der Waals surface area contributed by atoms with E-state index >= 15 is 0 Å². The summed E-state index contributed by atoms with van der Waals surface area (Å²) in [7, 11) is 0. The smallest absolute Gasteiger partial charge is 0.307 e. The van der Waals surface area contributed by atoms with Gasteiger partial charge < -0.3 is 19.7 Å². The normalized spacial score (nSPS) is 11.1. The lowest BCUT2D eigenvalue weighted by atomic mass is 10.1. The summed E-state index contributed by atoms with van der Waals surface area (Å²) >= 11 is 1.47. The number of aromatic nitrogens is 2. The van der Waals surface area contributed by atoms with Gasteiger partial charge in [0.2, 0.25) is 0 Å². The van der Waals surface area contributed by atoms with E-state index in [0.29, 0.717) is 30.4 Å². The number of thiophene rings is 1. The molecule has 0 aliphatic rings. The van der Waals surface area contributed by atoms with Gasteiger partial charge in [0, 0.05) is 21.8 Å². The molecule has 0 bridgehead atoms. The Balaban J connectivity index is 1.10. The number of halogens is 1. The standard InChI is InChI=1S/C33H25FN2O5S/c34-24-7-5-23(6-8-24)33-32(28-14-9-25(37)20-30(28)42-33)41-27-12-10-26(11-13-27)40-18-17-36-16-15-29(35-36)22-3-1-21(2-4-22)19-31(38)39/h1-16,20,37H,17-19H2,(H,38,39). The van der Waals surface area contributed by atoms with Crippen LogP contribution in [0.25, 0.3) is 31.8 Å². The topological polar surface area (TPSA) is 93.8 Å². The zero-order valence-corrected chi connectivity index (χ0v) is 23.1. The first kappa shape index (κ1) is 27.0. The number of nitrogens with zero attached hydrogens (tertiary/aromatic N) is 2.